The molecule has 12 heteroatoms. The molecule has 51 heavy (non-hydrogen) atoms. The Morgan fingerprint density at radius 1 is 0.902 bits per heavy atom. The topological polar surface area (TPSA) is 88.4 Å². The van der Waals surface area contributed by atoms with Gasteiger partial charge >= 0.3 is 5.97 Å². The molecule has 4 aromatic carbocycles. The van der Waals surface area contributed by atoms with Crippen LogP contribution >= 0.6 is 50.5 Å². The van der Waals surface area contributed by atoms with Gasteiger partial charge in [0.05, 0.1) is 39.5 Å². The van der Waals surface area contributed by atoms with Crippen molar-refractivity contribution in [1.29, 1.82) is 0 Å². The molecule has 0 fully saturated rings. The Hall–Kier alpha value is -4.35. The number of carbonyl (C=O) groups is 1. The average Bonchev–Trinajstić information content (AvgIpc) is 3.41. The lowest BCUT2D eigenvalue weighted by Gasteiger charge is -2.25. The highest BCUT2D eigenvalue weighted by Gasteiger charge is 2.34. The highest BCUT2D eigenvalue weighted by molar-refractivity contribution is 9.10. The van der Waals surface area contributed by atoms with Crippen LogP contribution in [0.1, 0.15) is 49.1 Å². The van der Waals surface area contributed by atoms with E-state index in [4.69, 9.17) is 47.1 Å². The highest BCUT2D eigenvalue weighted by Crippen LogP contribution is 2.37. The van der Waals surface area contributed by atoms with Crippen molar-refractivity contribution < 1.29 is 23.7 Å². The molecule has 0 aliphatic carbocycles. The third kappa shape index (κ3) is 8.25. The Bertz CT molecular complexity index is 2300. The number of ether oxygens (including phenoxy) is 4. The molecule has 0 saturated carbocycles. The second-order valence-electron chi connectivity index (χ2n) is 11.4. The van der Waals surface area contributed by atoms with E-state index in [0.29, 0.717) is 61.1 Å². The van der Waals surface area contributed by atoms with E-state index in [1.165, 1.54) is 11.3 Å². The summed E-state index contributed by atoms with van der Waals surface area (Å²) in [6, 6.07) is 25.3. The molecule has 0 spiro atoms. The molecule has 1 aliphatic heterocycles. The minimum absolute atomic E-state index is 0.164. The van der Waals surface area contributed by atoms with Crippen molar-refractivity contribution in [2.45, 2.75) is 40.0 Å². The molecule has 8 nitrogen and oxygen atoms in total. The number of rotatable bonds is 12. The van der Waals surface area contributed by atoms with E-state index in [1.807, 2.05) is 61.5 Å². The van der Waals surface area contributed by atoms with Gasteiger partial charge in [-0.05, 0) is 95.9 Å². The van der Waals surface area contributed by atoms with E-state index < -0.39 is 12.0 Å². The van der Waals surface area contributed by atoms with Crippen LogP contribution in [0.2, 0.25) is 10.0 Å². The molecule has 5 aromatic rings. The van der Waals surface area contributed by atoms with Gasteiger partial charge in [0.25, 0.3) is 5.56 Å². The Morgan fingerprint density at radius 3 is 2.39 bits per heavy atom. The molecular formula is C39H33BrCl2N2O6S. The molecule has 0 radical (unpaired) electrons. The zero-order valence-electron chi connectivity index (χ0n) is 28.0. The zero-order valence-corrected chi connectivity index (χ0v) is 31.9. The molecular weight excluding hydrogens is 775 g/mol. The van der Waals surface area contributed by atoms with Gasteiger partial charge in [0, 0.05) is 15.6 Å². The molecule has 1 unspecified atom stereocenters. The van der Waals surface area contributed by atoms with Crippen molar-refractivity contribution in [1.82, 2.24) is 4.57 Å². The van der Waals surface area contributed by atoms with E-state index in [9.17, 15) is 9.59 Å². The number of fused-ring (bicyclic) bond motifs is 1. The quantitative estimate of drug-likeness (QED) is 0.118. The highest BCUT2D eigenvalue weighted by atomic mass is 79.9. The predicted octanol–water partition coefficient (Wildman–Crippen LogP) is 8.42. The lowest BCUT2D eigenvalue weighted by molar-refractivity contribution is -0.139. The first-order valence-electron chi connectivity index (χ1n) is 16.2. The SMILES string of the molecule is CCOC(=O)C1=C(C)N=c2s/c(=C\c3ccc(OCc4ccccc4)c(Br)c3)c(=O)n2C1c1ccc(OCc2ccc(Cl)cc2Cl)c(OCC)c1. The maximum Gasteiger partial charge on any atom is 0.338 e. The molecule has 0 bridgehead atoms. The molecule has 1 atom stereocenters. The smallest absolute Gasteiger partial charge is 0.338 e. The van der Waals surface area contributed by atoms with Crippen LogP contribution < -0.4 is 29.1 Å². The molecule has 2 heterocycles. The van der Waals surface area contributed by atoms with Crippen LogP contribution in [-0.4, -0.2) is 23.8 Å². The number of esters is 1. The van der Waals surface area contributed by atoms with Crippen molar-refractivity contribution in [3.63, 3.8) is 0 Å². The number of allylic oxidation sites excluding steroid dienone is 1. The molecule has 1 aromatic heterocycles. The first-order valence-corrected chi connectivity index (χ1v) is 18.5. The lowest BCUT2D eigenvalue weighted by Crippen LogP contribution is -2.40. The van der Waals surface area contributed by atoms with Gasteiger partial charge in [-0.15, -0.1) is 0 Å². The summed E-state index contributed by atoms with van der Waals surface area (Å²) in [6.07, 6.45) is 1.81. The van der Waals surface area contributed by atoms with Crippen LogP contribution in [0.25, 0.3) is 6.08 Å². The van der Waals surface area contributed by atoms with Gasteiger partial charge in [0.1, 0.15) is 19.0 Å². The summed E-state index contributed by atoms with van der Waals surface area (Å²) in [7, 11) is 0. The van der Waals surface area contributed by atoms with Gasteiger partial charge in [0.15, 0.2) is 16.3 Å². The van der Waals surface area contributed by atoms with E-state index in [2.05, 4.69) is 15.9 Å². The maximum atomic E-state index is 14.2. The number of halogens is 3. The average molecular weight is 809 g/mol. The van der Waals surface area contributed by atoms with Crippen LogP contribution in [0.4, 0.5) is 0 Å². The van der Waals surface area contributed by atoms with Crippen LogP contribution in [0, 0.1) is 0 Å². The first kappa shape index (κ1) is 36.4. The number of benzene rings is 4. The third-order valence-electron chi connectivity index (χ3n) is 7.99. The summed E-state index contributed by atoms with van der Waals surface area (Å²) < 4.78 is 26.4. The normalized spacial score (nSPS) is 14.2. The molecule has 0 saturated heterocycles. The maximum absolute atomic E-state index is 14.2. The van der Waals surface area contributed by atoms with Crippen molar-refractivity contribution in [3.8, 4) is 17.2 Å². The molecule has 6 rings (SSSR count). The summed E-state index contributed by atoms with van der Waals surface area (Å²) in [5.74, 6) is 1.04. The summed E-state index contributed by atoms with van der Waals surface area (Å²) in [4.78, 5) is 32.9. The zero-order chi connectivity index (χ0) is 36.1. The van der Waals surface area contributed by atoms with Crippen molar-refractivity contribution in [2.75, 3.05) is 13.2 Å². The third-order valence-corrected chi connectivity index (χ3v) is 10.2. The number of hydrogen-bond donors (Lipinski definition) is 0. The standard InChI is InChI=1S/C39H33BrCl2N2O6S/c1-4-47-33-19-26(13-16-32(33)50-22-27-12-14-28(41)20-30(27)42)36-35(38(46)48-5-2)23(3)43-39-44(36)37(45)34(51-39)18-25-11-15-31(29(40)17-25)49-21-24-9-7-6-8-10-24/h6-20,36H,4-5,21-22H2,1-3H3/b34-18-. The largest absolute Gasteiger partial charge is 0.490 e. The van der Waals surface area contributed by atoms with Crippen LogP contribution in [0.5, 0.6) is 17.2 Å². The molecule has 0 N–H and O–H groups in total. The molecule has 0 amide bonds. The van der Waals surface area contributed by atoms with E-state index in [-0.39, 0.29) is 24.3 Å². The first-order chi connectivity index (χ1) is 24.7. The van der Waals surface area contributed by atoms with E-state index >= 15 is 0 Å². The van der Waals surface area contributed by atoms with Gasteiger partial charge in [-0.1, -0.05) is 83.1 Å². The number of aromatic nitrogens is 1. The fraction of sp³-hybridized carbons (Fsp3) is 0.205. The number of thiazole rings is 1. The Morgan fingerprint density at radius 2 is 1.67 bits per heavy atom. The van der Waals surface area contributed by atoms with E-state index in [1.54, 1.807) is 54.8 Å². The Balaban J connectivity index is 1.37. The fourth-order valence-electron chi connectivity index (χ4n) is 5.59. The summed E-state index contributed by atoms with van der Waals surface area (Å²) in [5, 5.41) is 1.01. The van der Waals surface area contributed by atoms with Crippen molar-refractivity contribution in [3.05, 3.63) is 153 Å². The van der Waals surface area contributed by atoms with Crippen molar-refractivity contribution in [2.24, 2.45) is 4.99 Å². The Kier molecular flexibility index (Phi) is 11.7. The second-order valence-corrected chi connectivity index (χ2v) is 14.1. The Labute approximate surface area is 317 Å². The van der Waals surface area contributed by atoms with E-state index in [0.717, 1.165) is 21.2 Å². The summed E-state index contributed by atoms with van der Waals surface area (Å²) >= 11 is 17.3. The van der Waals surface area contributed by atoms with Gasteiger partial charge < -0.3 is 18.9 Å². The van der Waals surface area contributed by atoms with Crippen LogP contribution in [0.3, 0.4) is 0 Å². The molecule has 1 aliphatic rings. The van der Waals surface area contributed by atoms with Gasteiger partial charge in [-0.25, -0.2) is 9.79 Å². The number of hydrogen-bond acceptors (Lipinski definition) is 8. The van der Waals surface area contributed by atoms with Crippen molar-refractivity contribution >= 4 is 62.5 Å². The second kappa shape index (κ2) is 16.3. The van der Waals surface area contributed by atoms with Gasteiger partial charge in [-0.2, -0.15) is 0 Å². The lowest BCUT2D eigenvalue weighted by atomic mass is 9.95. The number of nitrogens with zero attached hydrogens (tertiary/aromatic N) is 2. The predicted molar refractivity (Wildman–Crippen MR) is 204 cm³/mol. The molecule has 262 valence electrons. The summed E-state index contributed by atoms with van der Waals surface area (Å²) in [5.41, 5.74) is 3.66. The van der Waals surface area contributed by atoms with Crippen LogP contribution in [0.15, 0.2) is 110 Å². The van der Waals surface area contributed by atoms with Crippen LogP contribution in [-0.2, 0) is 22.7 Å². The minimum atomic E-state index is -0.832. The monoisotopic (exact) mass is 806 g/mol. The van der Waals surface area contributed by atoms with Gasteiger partial charge in [0.2, 0.25) is 0 Å². The number of carbonyl (C=O) groups excluding carboxylic acids is 1. The minimum Gasteiger partial charge on any atom is -0.490 e. The summed E-state index contributed by atoms with van der Waals surface area (Å²) in [6.45, 7) is 6.47. The fourth-order valence-corrected chi connectivity index (χ4v) is 7.61. The van der Waals surface area contributed by atoms with Gasteiger partial charge in [-0.3, -0.25) is 9.36 Å².